The molecule has 0 aliphatic rings. The summed E-state index contributed by atoms with van der Waals surface area (Å²) >= 11 is 2.27. The Balaban J connectivity index is 2.83. The number of rotatable bonds is 13. The Bertz CT molecular complexity index is 112. The standard InChI is InChI=1S/C10H21IO5/c11-1-3-13-5-7-15-9-10-16-8-6-14-4-2-12/h12H,1-10H2. The second kappa shape index (κ2) is 15.5. The van der Waals surface area contributed by atoms with Crippen molar-refractivity contribution in [2.45, 2.75) is 0 Å². The van der Waals surface area contributed by atoms with Crippen molar-refractivity contribution in [2.24, 2.45) is 0 Å². The van der Waals surface area contributed by atoms with Crippen LogP contribution in [-0.2, 0) is 18.9 Å². The lowest BCUT2D eigenvalue weighted by Crippen LogP contribution is -2.12. The number of alkyl halides is 1. The molecule has 16 heavy (non-hydrogen) atoms. The van der Waals surface area contributed by atoms with Crippen molar-refractivity contribution >= 4 is 22.6 Å². The minimum absolute atomic E-state index is 0.0559. The first-order valence-electron chi connectivity index (χ1n) is 5.39. The molecule has 0 bridgehead atoms. The minimum atomic E-state index is 0.0559. The van der Waals surface area contributed by atoms with Crippen molar-refractivity contribution in [2.75, 3.05) is 63.9 Å². The zero-order valence-electron chi connectivity index (χ0n) is 9.53. The van der Waals surface area contributed by atoms with Crippen LogP contribution >= 0.6 is 22.6 Å². The third kappa shape index (κ3) is 14.5. The molecule has 0 aromatic carbocycles. The van der Waals surface area contributed by atoms with Crippen LogP contribution in [0.5, 0.6) is 0 Å². The fourth-order valence-corrected chi connectivity index (χ4v) is 1.19. The van der Waals surface area contributed by atoms with Gasteiger partial charge in [-0.15, -0.1) is 0 Å². The molecular formula is C10H21IO5. The van der Waals surface area contributed by atoms with Crippen LogP contribution in [0.2, 0.25) is 0 Å². The van der Waals surface area contributed by atoms with E-state index in [-0.39, 0.29) is 6.61 Å². The lowest BCUT2D eigenvalue weighted by Gasteiger charge is -2.06. The first kappa shape index (κ1) is 16.5. The number of aliphatic hydroxyl groups excluding tert-OH is 1. The van der Waals surface area contributed by atoms with Gasteiger partial charge in [-0.05, 0) is 0 Å². The van der Waals surface area contributed by atoms with E-state index in [1.54, 1.807) is 0 Å². The Hall–Kier alpha value is 0.530. The van der Waals surface area contributed by atoms with Crippen molar-refractivity contribution in [3.63, 3.8) is 0 Å². The molecule has 0 aromatic rings. The Morgan fingerprint density at radius 3 is 1.38 bits per heavy atom. The van der Waals surface area contributed by atoms with Crippen molar-refractivity contribution in [3.05, 3.63) is 0 Å². The quantitative estimate of drug-likeness (QED) is 0.298. The molecule has 0 aromatic heterocycles. The van der Waals surface area contributed by atoms with Crippen LogP contribution in [0.1, 0.15) is 0 Å². The van der Waals surface area contributed by atoms with E-state index in [0.717, 1.165) is 11.0 Å². The third-order valence-corrected chi connectivity index (χ3v) is 2.01. The summed E-state index contributed by atoms with van der Waals surface area (Å²) in [5.74, 6) is 0. The van der Waals surface area contributed by atoms with Crippen LogP contribution in [0.3, 0.4) is 0 Å². The summed E-state index contributed by atoms with van der Waals surface area (Å²) in [6.07, 6.45) is 0. The van der Waals surface area contributed by atoms with E-state index in [2.05, 4.69) is 22.6 Å². The van der Waals surface area contributed by atoms with Gasteiger partial charge in [0.1, 0.15) is 0 Å². The molecule has 0 saturated heterocycles. The summed E-state index contributed by atoms with van der Waals surface area (Å²) in [6, 6.07) is 0. The third-order valence-electron chi connectivity index (χ3n) is 1.57. The monoisotopic (exact) mass is 348 g/mol. The molecule has 6 heteroatoms. The lowest BCUT2D eigenvalue weighted by atomic mass is 10.7. The van der Waals surface area contributed by atoms with Gasteiger partial charge >= 0.3 is 0 Å². The predicted molar refractivity (Wildman–Crippen MR) is 69.2 cm³/mol. The van der Waals surface area contributed by atoms with Gasteiger partial charge in [-0.2, -0.15) is 0 Å². The van der Waals surface area contributed by atoms with Crippen molar-refractivity contribution < 1.29 is 24.1 Å². The highest BCUT2D eigenvalue weighted by Crippen LogP contribution is 1.84. The average Bonchev–Trinajstić information content (AvgIpc) is 2.31. The molecule has 0 rings (SSSR count). The summed E-state index contributed by atoms with van der Waals surface area (Å²) in [5, 5.41) is 8.43. The molecule has 0 saturated carbocycles. The van der Waals surface area contributed by atoms with E-state index in [0.29, 0.717) is 46.2 Å². The van der Waals surface area contributed by atoms with Gasteiger partial charge in [0.2, 0.25) is 0 Å². The summed E-state index contributed by atoms with van der Waals surface area (Å²) < 4.78 is 21.8. The normalized spacial score (nSPS) is 10.9. The predicted octanol–water partition coefficient (Wildman–Crippen LogP) is 0.480. The molecule has 0 fully saturated rings. The van der Waals surface area contributed by atoms with Crippen LogP contribution in [0.15, 0.2) is 0 Å². The number of aliphatic hydroxyl groups is 1. The second-order valence-corrected chi connectivity index (χ2v) is 3.94. The number of ether oxygens (including phenoxy) is 4. The van der Waals surface area contributed by atoms with Crippen LogP contribution in [0, 0.1) is 0 Å². The molecule has 0 aliphatic carbocycles. The molecule has 0 spiro atoms. The smallest absolute Gasteiger partial charge is 0.0701 e. The number of hydrogen-bond donors (Lipinski definition) is 1. The highest BCUT2D eigenvalue weighted by atomic mass is 127. The average molecular weight is 348 g/mol. The molecule has 0 aliphatic heterocycles. The molecule has 98 valence electrons. The summed E-state index contributed by atoms with van der Waals surface area (Å²) in [5.41, 5.74) is 0. The van der Waals surface area contributed by atoms with E-state index in [9.17, 15) is 0 Å². The van der Waals surface area contributed by atoms with Gasteiger partial charge in [-0.25, -0.2) is 0 Å². The van der Waals surface area contributed by atoms with Gasteiger partial charge < -0.3 is 24.1 Å². The summed E-state index contributed by atoms with van der Waals surface area (Å²) in [7, 11) is 0. The van der Waals surface area contributed by atoms with Gasteiger partial charge in [0.15, 0.2) is 0 Å². The molecule has 5 nitrogen and oxygen atoms in total. The maximum atomic E-state index is 8.43. The first-order valence-corrected chi connectivity index (χ1v) is 6.92. The molecule has 0 atom stereocenters. The fourth-order valence-electron chi connectivity index (χ4n) is 0.881. The molecule has 1 N–H and O–H groups in total. The SMILES string of the molecule is OCCOCCOCCOCCOCCI. The Labute approximate surface area is 111 Å². The van der Waals surface area contributed by atoms with E-state index in [4.69, 9.17) is 24.1 Å². The highest BCUT2D eigenvalue weighted by molar-refractivity contribution is 14.1. The van der Waals surface area contributed by atoms with Crippen LogP contribution in [0.25, 0.3) is 0 Å². The Kier molecular flexibility index (Phi) is 16.0. The first-order chi connectivity index (χ1) is 7.91. The van der Waals surface area contributed by atoms with Crippen LogP contribution in [-0.4, -0.2) is 69.0 Å². The summed E-state index contributed by atoms with van der Waals surface area (Å²) in [6.45, 7) is 4.65. The van der Waals surface area contributed by atoms with E-state index in [1.165, 1.54) is 0 Å². The van der Waals surface area contributed by atoms with Gasteiger partial charge in [0.25, 0.3) is 0 Å². The second-order valence-electron chi connectivity index (χ2n) is 2.86. The Morgan fingerprint density at radius 1 is 0.625 bits per heavy atom. The zero-order chi connectivity index (χ0) is 11.9. The largest absolute Gasteiger partial charge is 0.394 e. The maximum absolute atomic E-state index is 8.43. The van der Waals surface area contributed by atoms with Gasteiger partial charge in [0, 0.05) is 4.43 Å². The summed E-state index contributed by atoms with van der Waals surface area (Å²) in [4.78, 5) is 0. The van der Waals surface area contributed by atoms with Gasteiger partial charge in [-0.1, -0.05) is 22.6 Å². The maximum Gasteiger partial charge on any atom is 0.0701 e. The number of halogens is 1. The van der Waals surface area contributed by atoms with Crippen LogP contribution in [0.4, 0.5) is 0 Å². The molecular weight excluding hydrogens is 327 g/mol. The lowest BCUT2D eigenvalue weighted by molar-refractivity contribution is -0.00406. The van der Waals surface area contributed by atoms with Gasteiger partial charge in [0.05, 0.1) is 59.5 Å². The van der Waals surface area contributed by atoms with E-state index < -0.39 is 0 Å². The fraction of sp³-hybridized carbons (Fsp3) is 1.00. The molecule has 0 amide bonds. The van der Waals surface area contributed by atoms with Crippen molar-refractivity contribution in [1.29, 1.82) is 0 Å². The zero-order valence-corrected chi connectivity index (χ0v) is 11.7. The Morgan fingerprint density at radius 2 is 1.00 bits per heavy atom. The van der Waals surface area contributed by atoms with Crippen molar-refractivity contribution in [1.82, 2.24) is 0 Å². The molecule has 0 radical (unpaired) electrons. The topological polar surface area (TPSA) is 57.2 Å². The molecule has 0 unspecified atom stereocenters. The number of hydrogen-bond acceptors (Lipinski definition) is 5. The van der Waals surface area contributed by atoms with E-state index >= 15 is 0 Å². The van der Waals surface area contributed by atoms with Crippen molar-refractivity contribution in [3.8, 4) is 0 Å². The van der Waals surface area contributed by atoms with E-state index in [1.807, 2.05) is 0 Å². The van der Waals surface area contributed by atoms with Crippen LogP contribution < -0.4 is 0 Å². The minimum Gasteiger partial charge on any atom is -0.394 e. The molecule has 0 heterocycles. The van der Waals surface area contributed by atoms with Gasteiger partial charge in [-0.3, -0.25) is 0 Å². The highest BCUT2D eigenvalue weighted by Gasteiger charge is 1.91.